The average molecular weight is 284 g/mol. The van der Waals surface area contributed by atoms with Crippen LogP contribution in [0.25, 0.3) is 0 Å². The molecule has 108 valence electrons. The van der Waals surface area contributed by atoms with E-state index in [1.807, 2.05) is 37.4 Å². The second-order valence-corrected chi connectivity index (χ2v) is 7.80. The molecule has 0 radical (unpaired) electrons. The molecule has 19 heavy (non-hydrogen) atoms. The second kappa shape index (κ2) is 5.35. The maximum Gasteiger partial charge on any atom is 0.246 e. The largest absolute Gasteiger partial charge is 0.342 e. The molecule has 0 aromatic rings. The third-order valence-corrected chi connectivity index (χ3v) is 5.24. The van der Waals surface area contributed by atoms with Gasteiger partial charge in [-0.25, -0.2) is 0 Å². The highest BCUT2D eigenvalue weighted by Gasteiger charge is 2.43. The highest BCUT2D eigenvalue weighted by Crippen LogP contribution is 2.33. The number of carbonyl (C=O) groups excluding carboxylic acids is 2. The number of nitrogens with zero attached hydrogens (tertiary/aromatic N) is 1. The number of rotatable bonds is 2. The second-order valence-electron chi connectivity index (χ2n) is 6.66. The normalized spacial score (nSPS) is 32.6. The molecule has 1 N–H and O–H groups in total. The van der Waals surface area contributed by atoms with Gasteiger partial charge < -0.3 is 10.2 Å². The molecule has 3 unspecified atom stereocenters. The predicted octanol–water partition coefficient (Wildman–Crippen LogP) is 1.64. The lowest BCUT2D eigenvalue weighted by Gasteiger charge is -2.41. The van der Waals surface area contributed by atoms with Crippen molar-refractivity contribution >= 4 is 23.6 Å². The number of nitrogens with one attached hydrogen (secondary N) is 1. The molecule has 1 aliphatic heterocycles. The van der Waals surface area contributed by atoms with Crippen LogP contribution >= 0.6 is 11.8 Å². The zero-order valence-electron chi connectivity index (χ0n) is 12.2. The molecular formula is C14H24N2O2S. The number of thioether (sulfide) groups is 1. The van der Waals surface area contributed by atoms with Gasteiger partial charge in [-0.05, 0) is 30.9 Å². The Kier molecular flexibility index (Phi) is 4.14. The van der Waals surface area contributed by atoms with E-state index < -0.39 is 0 Å². The van der Waals surface area contributed by atoms with Gasteiger partial charge in [0.05, 0.1) is 6.54 Å². The maximum absolute atomic E-state index is 12.6. The number of hydrogen-bond donors (Lipinski definition) is 1. The minimum Gasteiger partial charge on any atom is -0.342 e. The predicted molar refractivity (Wildman–Crippen MR) is 78.0 cm³/mol. The maximum atomic E-state index is 12.6. The summed E-state index contributed by atoms with van der Waals surface area (Å²) in [4.78, 5) is 26.3. The van der Waals surface area contributed by atoms with Gasteiger partial charge in [0.2, 0.25) is 11.8 Å². The van der Waals surface area contributed by atoms with Gasteiger partial charge in [-0.15, -0.1) is 0 Å². The van der Waals surface area contributed by atoms with Crippen LogP contribution in [0.15, 0.2) is 0 Å². The van der Waals surface area contributed by atoms with Crippen LogP contribution < -0.4 is 5.32 Å². The first-order valence-corrected chi connectivity index (χ1v) is 8.24. The highest BCUT2D eigenvalue weighted by atomic mass is 32.2. The Hall–Kier alpha value is -0.710. The molecule has 0 aromatic carbocycles. The van der Waals surface area contributed by atoms with Crippen LogP contribution in [0.4, 0.5) is 0 Å². The first-order chi connectivity index (χ1) is 8.82. The Morgan fingerprint density at radius 3 is 2.47 bits per heavy atom. The van der Waals surface area contributed by atoms with Gasteiger partial charge in [0, 0.05) is 11.3 Å². The van der Waals surface area contributed by atoms with Gasteiger partial charge in [-0.2, -0.15) is 11.8 Å². The minimum atomic E-state index is -0.387. The SMILES string of the molecule is CSC1CCC(N2CC(=O)NC(C(C)(C)C)C2=O)C1. The molecule has 2 amide bonds. The first kappa shape index (κ1) is 14.7. The smallest absolute Gasteiger partial charge is 0.246 e. The molecule has 0 bridgehead atoms. The van der Waals surface area contributed by atoms with Crippen LogP contribution in [0.1, 0.15) is 40.0 Å². The lowest BCUT2D eigenvalue weighted by atomic mass is 9.84. The summed E-state index contributed by atoms with van der Waals surface area (Å²) in [6.07, 6.45) is 5.32. The van der Waals surface area contributed by atoms with Gasteiger partial charge in [-0.3, -0.25) is 9.59 Å². The molecule has 0 spiro atoms. The molecule has 2 aliphatic rings. The average Bonchev–Trinajstić information content (AvgIpc) is 2.78. The van der Waals surface area contributed by atoms with Crippen LogP contribution in [-0.4, -0.2) is 46.8 Å². The van der Waals surface area contributed by atoms with Gasteiger partial charge in [0.25, 0.3) is 0 Å². The van der Waals surface area contributed by atoms with Crippen molar-refractivity contribution in [1.82, 2.24) is 10.2 Å². The van der Waals surface area contributed by atoms with E-state index in [-0.39, 0.29) is 35.9 Å². The lowest BCUT2D eigenvalue weighted by molar-refractivity contribution is -0.149. The van der Waals surface area contributed by atoms with Crippen molar-refractivity contribution in [3.05, 3.63) is 0 Å². The molecule has 2 fully saturated rings. The van der Waals surface area contributed by atoms with Crippen molar-refractivity contribution < 1.29 is 9.59 Å². The Morgan fingerprint density at radius 2 is 1.95 bits per heavy atom. The summed E-state index contributed by atoms with van der Waals surface area (Å²) in [6.45, 7) is 6.23. The van der Waals surface area contributed by atoms with E-state index in [1.54, 1.807) is 0 Å². The third kappa shape index (κ3) is 3.07. The molecule has 5 heteroatoms. The summed E-state index contributed by atoms with van der Waals surface area (Å²) in [5.41, 5.74) is -0.233. The van der Waals surface area contributed by atoms with Gasteiger partial charge >= 0.3 is 0 Å². The van der Waals surface area contributed by atoms with E-state index in [1.165, 1.54) is 0 Å². The fourth-order valence-corrected chi connectivity index (χ4v) is 3.76. The monoisotopic (exact) mass is 284 g/mol. The molecule has 2 rings (SSSR count). The summed E-state index contributed by atoms with van der Waals surface area (Å²) in [6, 6.07) is -0.136. The van der Waals surface area contributed by atoms with E-state index in [0.29, 0.717) is 5.25 Å². The van der Waals surface area contributed by atoms with Crippen molar-refractivity contribution in [1.29, 1.82) is 0 Å². The number of amides is 2. The quantitative estimate of drug-likeness (QED) is 0.839. The van der Waals surface area contributed by atoms with Gasteiger partial charge in [0.1, 0.15) is 6.04 Å². The van der Waals surface area contributed by atoms with Gasteiger partial charge in [0.15, 0.2) is 0 Å². The fraction of sp³-hybridized carbons (Fsp3) is 0.857. The molecule has 1 saturated heterocycles. The van der Waals surface area contributed by atoms with Crippen molar-refractivity contribution in [2.45, 2.75) is 57.4 Å². The summed E-state index contributed by atoms with van der Waals surface area (Å²) in [5, 5.41) is 3.48. The molecule has 0 aromatic heterocycles. The van der Waals surface area contributed by atoms with Gasteiger partial charge in [-0.1, -0.05) is 20.8 Å². The van der Waals surface area contributed by atoms with Crippen LogP contribution in [0.3, 0.4) is 0 Å². The van der Waals surface area contributed by atoms with Crippen molar-refractivity contribution in [2.24, 2.45) is 5.41 Å². The Labute approximate surface area is 119 Å². The van der Waals surface area contributed by atoms with Crippen LogP contribution in [0, 0.1) is 5.41 Å². The third-order valence-electron chi connectivity index (χ3n) is 4.15. The summed E-state index contributed by atoms with van der Waals surface area (Å²) in [7, 11) is 0. The summed E-state index contributed by atoms with van der Waals surface area (Å²) >= 11 is 1.87. The van der Waals surface area contributed by atoms with E-state index in [4.69, 9.17) is 0 Å². The zero-order chi connectivity index (χ0) is 14.2. The highest BCUT2D eigenvalue weighted by molar-refractivity contribution is 7.99. The Balaban J connectivity index is 2.12. The summed E-state index contributed by atoms with van der Waals surface area (Å²) in [5.74, 6) is 0.0750. The van der Waals surface area contributed by atoms with Crippen molar-refractivity contribution in [3.63, 3.8) is 0 Å². The van der Waals surface area contributed by atoms with Crippen LogP contribution in [-0.2, 0) is 9.59 Å². The molecule has 1 heterocycles. The molecule has 1 saturated carbocycles. The fourth-order valence-electron chi connectivity index (χ4n) is 2.98. The molecular weight excluding hydrogens is 260 g/mol. The van der Waals surface area contributed by atoms with E-state index in [9.17, 15) is 9.59 Å². The van der Waals surface area contributed by atoms with Crippen molar-refractivity contribution in [3.8, 4) is 0 Å². The van der Waals surface area contributed by atoms with Crippen LogP contribution in [0.2, 0.25) is 0 Å². The topological polar surface area (TPSA) is 49.4 Å². The van der Waals surface area contributed by atoms with E-state index in [0.717, 1.165) is 19.3 Å². The van der Waals surface area contributed by atoms with Crippen molar-refractivity contribution in [2.75, 3.05) is 12.8 Å². The standard InChI is InChI=1S/C14H24N2O2S/c1-14(2,3)12-13(18)16(8-11(17)15-12)9-5-6-10(7-9)19-4/h9-10,12H,5-8H2,1-4H3,(H,15,17). The Morgan fingerprint density at radius 1 is 1.26 bits per heavy atom. The molecule has 3 atom stereocenters. The lowest BCUT2D eigenvalue weighted by Crippen LogP contribution is -2.64. The number of carbonyl (C=O) groups is 2. The number of hydrogen-bond acceptors (Lipinski definition) is 3. The minimum absolute atomic E-state index is 0.0212. The zero-order valence-corrected chi connectivity index (χ0v) is 13.0. The molecule has 4 nitrogen and oxygen atoms in total. The first-order valence-electron chi connectivity index (χ1n) is 6.95. The summed E-state index contributed by atoms with van der Waals surface area (Å²) < 4.78 is 0. The Bertz CT molecular complexity index is 378. The molecule has 1 aliphatic carbocycles. The van der Waals surface area contributed by atoms with Crippen LogP contribution in [0.5, 0.6) is 0 Å². The number of piperazine rings is 1. The van der Waals surface area contributed by atoms with E-state index in [2.05, 4.69) is 11.6 Å². The van der Waals surface area contributed by atoms with E-state index >= 15 is 0 Å².